The lowest BCUT2D eigenvalue weighted by Gasteiger charge is -2.18. The molecule has 0 saturated carbocycles. The fourth-order valence-corrected chi connectivity index (χ4v) is 2.68. The summed E-state index contributed by atoms with van der Waals surface area (Å²) in [6.07, 6.45) is 0. The summed E-state index contributed by atoms with van der Waals surface area (Å²) in [7, 11) is 0. The highest BCUT2D eigenvalue weighted by Gasteiger charge is 2.27. The third kappa shape index (κ3) is 1.70. The van der Waals surface area contributed by atoms with Gasteiger partial charge in [-0.05, 0) is 38.3 Å². The molecule has 0 aliphatic rings. The molecule has 0 N–H and O–H groups in total. The van der Waals surface area contributed by atoms with Gasteiger partial charge >= 0.3 is 0 Å². The van der Waals surface area contributed by atoms with E-state index < -0.39 is 0 Å². The van der Waals surface area contributed by atoms with Crippen LogP contribution in [-0.4, -0.2) is 5.78 Å². The molecule has 78 valence electrons. The van der Waals surface area contributed by atoms with Crippen molar-refractivity contribution in [3.8, 4) is 0 Å². The van der Waals surface area contributed by atoms with Gasteiger partial charge in [-0.1, -0.05) is 18.2 Å². The minimum atomic E-state index is -0.357. The van der Waals surface area contributed by atoms with E-state index in [4.69, 9.17) is 0 Å². The Hall–Kier alpha value is -1.15. The summed E-state index contributed by atoms with van der Waals surface area (Å²) in [4.78, 5) is 12.7. The number of fused-ring (bicyclic) bond motifs is 1. The number of carbonyl (C=O) groups excluding carboxylic acids is 1. The molecule has 0 atom stereocenters. The molecule has 0 amide bonds. The van der Waals surface area contributed by atoms with Crippen molar-refractivity contribution in [3.05, 3.63) is 35.2 Å². The Labute approximate surface area is 93.7 Å². The van der Waals surface area contributed by atoms with Gasteiger partial charge in [0, 0.05) is 9.58 Å². The molecule has 0 aliphatic carbocycles. The fraction of sp³-hybridized carbons (Fsp3) is 0.308. The van der Waals surface area contributed by atoms with E-state index in [1.54, 1.807) is 18.3 Å². The number of hydrogen-bond acceptors (Lipinski definition) is 2. The van der Waals surface area contributed by atoms with E-state index >= 15 is 0 Å². The van der Waals surface area contributed by atoms with E-state index in [2.05, 4.69) is 18.2 Å². The predicted octanol–water partition coefficient (Wildman–Crippen LogP) is 3.77. The Bertz CT molecular complexity index is 475. The van der Waals surface area contributed by atoms with Crippen molar-refractivity contribution >= 4 is 27.2 Å². The Morgan fingerprint density at radius 1 is 1.27 bits per heavy atom. The van der Waals surface area contributed by atoms with Crippen molar-refractivity contribution in [3.63, 3.8) is 0 Å². The van der Waals surface area contributed by atoms with Crippen LogP contribution in [0.2, 0.25) is 0 Å². The van der Waals surface area contributed by atoms with E-state index in [9.17, 15) is 4.79 Å². The molecule has 2 heteroatoms. The van der Waals surface area contributed by atoms with Gasteiger partial charge in [0.15, 0.2) is 0 Å². The third-order valence-corrected chi connectivity index (χ3v) is 4.36. The molecule has 0 aliphatic heterocycles. The van der Waals surface area contributed by atoms with Crippen molar-refractivity contribution in [1.82, 2.24) is 0 Å². The van der Waals surface area contributed by atoms with Gasteiger partial charge in [0.05, 0.1) is 5.41 Å². The van der Waals surface area contributed by atoms with Gasteiger partial charge in [0.25, 0.3) is 0 Å². The van der Waals surface area contributed by atoms with Gasteiger partial charge in [-0.2, -0.15) is 0 Å². The van der Waals surface area contributed by atoms with Crippen molar-refractivity contribution in [2.45, 2.75) is 26.2 Å². The number of ketones is 1. The largest absolute Gasteiger partial charge is 0.299 e. The molecule has 2 rings (SSSR count). The van der Waals surface area contributed by atoms with Crippen LogP contribution in [0.15, 0.2) is 30.3 Å². The zero-order valence-electron chi connectivity index (χ0n) is 9.20. The maximum atomic E-state index is 11.5. The summed E-state index contributed by atoms with van der Waals surface area (Å²) in [5, 5.41) is 1.23. The molecule has 0 bridgehead atoms. The number of hydrogen-bond donors (Lipinski definition) is 0. The van der Waals surface area contributed by atoms with Crippen LogP contribution < -0.4 is 0 Å². The summed E-state index contributed by atoms with van der Waals surface area (Å²) in [6, 6.07) is 10.4. The molecule has 0 saturated heterocycles. The molecule has 2 aromatic rings. The van der Waals surface area contributed by atoms with Crippen LogP contribution >= 0.6 is 11.3 Å². The molecule has 1 aromatic heterocycles. The lowest BCUT2D eigenvalue weighted by atomic mass is 9.87. The van der Waals surface area contributed by atoms with Crippen molar-refractivity contribution in [2.24, 2.45) is 0 Å². The summed E-state index contributed by atoms with van der Waals surface area (Å²) in [5.41, 5.74) is -0.357. The summed E-state index contributed by atoms with van der Waals surface area (Å²) in [5.74, 6) is 0.217. The van der Waals surface area contributed by atoms with E-state index in [-0.39, 0.29) is 11.2 Å². The second-order valence-corrected chi connectivity index (χ2v) is 5.41. The Morgan fingerprint density at radius 2 is 1.93 bits per heavy atom. The first-order chi connectivity index (χ1) is 7.01. The molecule has 15 heavy (non-hydrogen) atoms. The SMILES string of the molecule is CC(=O)C(C)(C)c1cc2ccccc2s1. The van der Waals surface area contributed by atoms with Gasteiger partial charge in [0.2, 0.25) is 0 Å². The van der Waals surface area contributed by atoms with Gasteiger partial charge in [0.1, 0.15) is 5.78 Å². The standard InChI is InChI=1S/C13H14OS/c1-9(14)13(2,3)12-8-10-6-4-5-7-11(10)15-12/h4-8H,1-3H3. The van der Waals surface area contributed by atoms with Crippen LogP contribution in [0.3, 0.4) is 0 Å². The molecule has 0 unspecified atom stereocenters. The van der Waals surface area contributed by atoms with Gasteiger partial charge in [-0.25, -0.2) is 0 Å². The average molecular weight is 218 g/mol. The zero-order chi connectivity index (χ0) is 11.1. The van der Waals surface area contributed by atoms with E-state index in [1.165, 1.54) is 10.1 Å². The lowest BCUT2D eigenvalue weighted by Crippen LogP contribution is -2.24. The minimum absolute atomic E-state index is 0.217. The first-order valence-corrected chi connectivity index (χ1v) is 5.83. The second-order valence-electron chi connectivity index (χ2n) is 4.33. The fourth-order valence-electron chi connectivity index (χ4n) is 1.46. The monoisotopic (exact) mass is 218 g/mol. The second kappa shape index (κ2) is 3.46. The van der Waals surface area contributed by atoms with Crippen LogP contribution in [0, 0.1) is 0 Å². The Balaban J connectivity index is 2.58. The Morgan fingerprint density at radius 3 is 2.53 bits per heavy atom. The maximum Gasteiger partial charge on any atom is 0.140 e. The van der Waals surface area contributed by atoms with Crippen molar-refractivity contribution in [1.29, 1.82) is 0 Å². The van der Waals surface area contributed by atoms with Crippen LogP contribution in [0.1, 0.15) is 25.6 Å². The maximum absolute atomic E-state index is 11.5. The summed E-state index contributed by atoms with van der Waals surface area (Å²) < 4.78 is 1.25. The van der Waals surface area contributed by atoms with Gasteiger partial charge < -0.3 is 0 Å². The molecular formula is C13H14OS. The molecule has 0 spiro atoms. The van der Waals surface area contributed by atoms with E-state index in [0.717, 1.165) is 4.88 Å². The lowest BCUT2D eigenvalue weighted by molar-refractivity contribution is -0.121. The number of rotatable bonds is 2. The first-order valence-electron chi connectivity index (χ1n) is 5.02. The topological polar surface area (TPSA) is 17.1 Å². The van der Waals surface area contributed by atoms with Gasteiger partial charge in [-0.15, -0.1) is 11.3 Å². The minimum Gasteiger partial charge on any atom is -0.299 e. The van der Waals surface area contributed by atoms with Crippen LogP contribution in [0.5, 0.6) is 0 Å². The smallest absolute Gasteiger partial charge is 0.140 e. The number of thiophene rings is 1. The highest BCUT2D eigenvalue weighted by Crippen LogP contribution is 2.34. The molecule has 1 aromatic carbocycles. The highest BCUT2D eigenvalue weighted by atomic mass is 32.1. The van der Waals surface area contributed by atoms with Gasteiger partial charge in [-0.3, -0.25) is 4.79 Å². The molecule has 0 radical (unpaired) electrons. The van der Waals surface area contributed by atoms with Crippen molar-refractivity contribution in [2.75, 3.05) is 0 Å². The third-order valence-electron chi connectivity index (χ3n) is 2.92. The average Bonchev–Trinajstić information content (AvgIpc) is 2.61. The quantitative estimate of drug-likeness (QED) is 0.750. The summed E-state index contributed by atoms with van der Waals surface area (Å²) in [6.45, 7) is 5.63. The highest BCUT2D eigenvalue weighted by molar-refractivity contribution is 7.19. The molecule has 0 fully saturated rings. The van der Waals surface area contributed by atoms with E-state index in [1.807, 2.05) is 26.0 Å². The summed E-state index contributed by atoms with van der Waals surface area (Å²) >= 11 is 1.71. The van der Waals surface area contributed by atoms with E-state index in [0.29, 0.717) is 0 Å². The van der Waals surface area contributed by atoms with Crippen LogP contribution in [0.4, 0.5) is 0 Å². The van der Waals surface area contributed by atoms with Crippen LogP contribution in [-0.2, 0) is 10.2 Å². The number of benzene rings is 1. The van der Waals surface area contributed by atoms with Crippen LogP contribution in [0.25, 0.3) is 10.1 Å². The predicted molar refractivity (Wildman–Crippen MR) is 65.5 cm³/mol. The normalized spacial score (nSPS) is 11.9. The first kappa shape index (κ1) is 10.4. The zero-order valence-corrected chi connectivity index (χ0v) is 10.0. The number of carbonyl (C=O) groups is 1. The molecular weight excluding hydrogens is 204 g/mol. The Kier molecular flexibility index (Phi) is 2.39. The van der Waals surface area contributed by atoms with Crippen molar-refractivity contribution < 1.29 is 4.79 Å². The molecule has 1 heterocycles. The number of Topliss-reactive ketones (excluding diaryl/α,β-unsaturated/α-hetero) is 1. The molecule has 1 nitrogen and oxygen atoms in total.